The van der Waals surface area contributed by atoms with Gasteiger partial charge in [0.15, 0.2) is 0 Å². The number of pyridine rings is 1. The first-order valence-electron chi connectivity index (χ1n) is 7.59. The molecule has 1 aliphatic heterocycles. The van der Waals surface area contributed by atoms with Crippen LogP contribution in [-0.2, 0) is 0 Å². The molecule has 1 unspecified atom stereocenters. The molecule has 1 aromatic heterocycles. The molecular formula is C17H22N2O3. The van der Waals surface area contributed by atoms with Gasteiger partial charge in [-0.15, -0.1) is 0 Å². The minimum atomic E-state index is 0.154. The summed E-state index contributed by atoms with van der Waals surface area (Å²) in [5.74, 6) is 2.43. The fourth-order valence-corrected chi connectivity index (χ4v) is 3.27. The normalized spacial score (nSPS) is 18.0. The second-order valence-corrected chi connectivity index (χ2v) is 5.66. The van der Waals surface area contributed by atoms with E-state index in [1.54, 1.807) is 14.2 Å². The molecule has 2 heterocycles. The van der Waals surface area contributed by atoms with E-state index in [0.717, 1.165) is 53.2 Å². The Morgan fingerprint density at radius 3 is 2.68 bits per heavy atom. The lowest BCUT2D eigenvalue weighted by Crippen LogP contribution is -2.32. The summed E-state index contributed by atoms with van der Waals surface area (Å²) >= 11 is 0. The van der Waals surface area contributed by atoms with E-state index in [0.29, 0.717) is 0 Å². The lowest BCUT2D eigenvalue weighted by atomic mass is 10.1. The molecule has 0 bridgehead atoms. The molecule has 0 aliphatic carbocycles. The zero-order valence-electron chi connectivity index (χ0n) is 13.3. The van der Waals surface area contributed by atoms with Crippen molar-refractivity contribution in [2.75, 3.05) is 32.3 Å². The first-order chi connectivity index (χ1) is 10.7. The number of hydrogen-bond donors (Lipinski definition) is 1. The SMILES string of the molecule is COc1ccc(OC)c2c(C)cc(N3CCCC3CO)nc12. The molecule has 1 atom stereocenters. The van der Waals surface area contributed by atoms with Crippen molar-refractivity contribution >= 4 is 16.7 Å². The standard InChI is InChI=1S/C17H22N2O3/c1-11-9-15(19-8-4-5-12(19)10-20)18-17-14(22-3)7-6-13(21-2)16(11)17/h6-7,9,12,20H,4-5,8,10H2,1-3H3. The van der Waals surface area contributed by atoms with E-state index in [4.69, 9.17) is 14.5 Å². The molecule has 1 N–H and O–H groups in total. The summed E-state index contributed by atoms with van der Waals surface area (Å²) in [6.07, 6.45) is 2.09. The third kappa shape index (κ3) is 2.35. The van der Waals surface area contributed by atoms with Crippen LogP contribution in [0.5, 0.6) is 11.5 Å². The second kappa shape index (κ2) is 6.01. The number of fused-ring (bicyclic) bond motifs is 1. The second-order valence-electron chi connectivity index (χ2n) is 5.66. The number of ether oxygens (including phenoxy) is 2. The van der Waals surface area contributed by atoms with E-state index in [2.05, 4.69) is 17.9 Å². The Bertz CT molecular complexity index is 687. The van der Waals surface area contributed by atoms with Gasteiger partial charge in [-0.2, -0.15) is 0 Å². The van der Waals surface area contributed by atoms with Crippen molar-refractivity contribution in [3.8, 4) is 11.5 Å². The number of aromatic nitrogens is 1. The number of aryl methyl sites for hydroxylation is 1. The quantitative estimate of drug-likeness (QED) is 0.940. The number of methoxy groups -OCH3 is 2. The average Bonchev–Trinajstić information content (AvgIpc) is 3.02. The molecule has 2 aromatic rings. The maximum atomic E-state index is 9.55. The van der Waals surface area contributed by atoms with Crippen LogP contribution in [0.25, 0.3) is 10.9 Å². The molecule has 1 saturated heterocycles. The Balaban J connectivity index is 2.19. The van der Waals surface area contributed by atoms with Gasteiger partial charge >= 0.3 is 0 Å². The van der Waals surface area contributed by atoms with Crippen LogP contribution in [0.3, 0.4) is 0 Å². The highest BCUT2D eigenvalue weighted by atomic mass is 16.5. The van der Waals surface area contributed by atoms with Crippen LogP contribution < -0.4 is 14.4 Å². The number of anilines is 1. The summed E-state index contributed by atoms with van der Waals surface area (Å²) in [5, 5.41) is 10.5. The van der Waals surface area contributed by atoms with Crippen LogP contribution >= 0.6 is 0 Å². The fourth-order valence-electron chi connectivity index (χ4n) is 3.27. The number of aliphatic hydroxyl groups excluding tert-OH is 1. The van der Waals surface area contributed by atoms with Gasteiger partial charge < -0.3 is 19.5 Å². The lowest BCUT2D eigenvalue weighted by molar-refractivity contribution is 0.266. The van der Waals surface area contributed by atoms with Gasteiger partial charge in [-0.05, 0) is 43.5 Å². The molecule has 0 spiro atoms. The van der Waals surface area contributed by atoms with Crippen LogP contribution in [0, 0.1) is 6.92 Å². The topological polar surface area (TPSA) is 54.8 Å². The highest BCUT2D eigenvalue weighted by Gasteiger charge is 2.26. The zero-order valence-corrected chi connectivity index (χ0v) is 13.3. The van der Waals surface area contributed by atoms with Gasteiger partial charge in [0.1, 0.15) is 22.8 Å². The molecule has 1 aromatic carbocycles. The van der Waals surface area contributed by atoms with E-state index in [9.17, 15) is 5.11 Å². The van der Waals surface area contributed by atoms with Gasteiger partial charge in [-0.25, -0.2) is 4.98 Å². The van der Waals surface area contributed by atoms with Gasteiger partial charge in [0.25, 0.3) is 0 Å². The number of nitrogens with zero attached hydrogens (tertiary/aromatic N) is 2. The highest BCUT2D eigenvalue weighted by molar-refractivity contribution is 5.94. The van der Waals surface area contributed by atoms with Crippen molar-refractivity contribution < 1.29 is 14.6 Å². The summed E-state index contributed by atoms with van der Waals surface area (Å²) in [7, 11) is 3.31. The summed E-state index contributed by atoms with van der Waals surface area (Å²) in [6.45, 7) is 3.14. The molecular weight excluding hydrogens is 280 g/mol. The van der Waals surface area contributed by atoms with Crippen molar-refractivity contribution in [2.24, 2.45) is 0 Å². The van der Waals surface area contributed by atoms with Crippen molar-refractivity contribution in [3.05, 3.63) is 23.8 Å². The van der Waals surface area contributed by atoms with E-state index in [1.165, 1.54) is 0 Å². The monoisotopic (exact) mass is 302 g/mol. The molecule has 0 amide bonds. The Morgan fingerprint density at radius 1 is 1.27 bits per heavy atom. The molecule has 0 radical (unpaired) electrons. The van der Waals surface area contributed by atoms with Crippen molar-refractivity contribution in [1.82, 2.24) is 4.98 Å². The van der Waals surface area contributed by atoms with Gasteiger partial charge in [-0.3, -0.25) is 0 Å². The van der Waals surface area contributed by atoms with E-state index in [-0.39, 0.29) is 12.6 Å². The Kier molecular flexibility index (Phi) is 4.07. The highest BCUT2D eigenvalue weighted by Crippen LogP contribution is 2.37. The Labute approximate surface area is 130 Å². The minimum Gasteiger partial charge on any atom is -0.496 e. The predicted molar refractivity (Wildman–Crippen MR) is 87.0 cm³/mol. The van der Waals surface area contributed by atoms with Crippen molar-refractivity contribution in [3.63, 3.8) is 0 Å². The Morgan fingerprint density at radius 2 is 2.00 bits per heavy atom. The lowest BCUT2D eigenvalue weighted by Gasteiger charge is -2.25. The molecule has 3 rings (SSSR count). The van der Waals surface area contributed by atoms with Crippen molar-refractivity contribution in [2.45, 2.75) is 25.8 Å². The fraction of sp³-hybridized carbons (Fsp3) is 0.471. The summed E-state index contributed by atoms with van der Waals surface area (Å²) in [5.41, 5.74) is 1.90. The maximum absolute atomic E-state index is 9.55. The summed E-state index contributed by atoms with van der Waals surface area (Å²) < 4.78 is 10.9. The first-order valence-corrected chi connectivity index (χ1v) is 7.59. The third-order valence-corrected chi connectivity index (χ3v) is 4.39. The minimum absolute atomic E-state index is 0.154. The van der Waals surface area contributed by atoms with Crippen LogP contribution in [0.15, 0.2) is 18.2 Å². The molecule has 22 heavy (non-hydrogen) atoms. The maximum Gasteiger partial charge on any atom is 0.145 e. The van der Waals surface area contributed by atoms with Crippen LogP contribution in [0.4, 0.5) is 5.82 Å². The largest absolute Gasteiger partial charge is 0.496 e. The number of hydrogen-bond acceptors (Lipinski definition) is 5. The van der Waals surface area contributed by atoms with E-state index >= 15 is 0 Å². The Hall–Kier alpha value is -2.01. The summed E-state index contributed by atoms with van der Waals surface area (Å²) in [4.78, 5) is 6.99. The number of rotatable bonds is 4. The molecule has 1 aliphatic rings. The number of aliphatic hydroxyl groups is 1. The third-order valence-electron chi connectivity index (χ3n) is 4.39. The molecule has 0 saturated carbocycles. The van der Waals surface area contributed by atoms with Crippen LogP contribution in [0.2, 0.25) is 0 Å². The van der Waals surface area contributed by atoms with E-state index in [1.807, 2.05) is 12.1 Å². The molecule has 5 heteroatoms. The van der Waals surface area contributed by atoms with Crippen LogP contribution in [-0.4, -0.2) is 43.5 Å². The smallest absolute Gasteiger partial charge is 0.145 e. The summed E-state index contributed by atoms with van der Waals surface area (Å²) in [6, 6.07) is 6.01. The zero-order chi connectivity index (χ0) is 15.7. The van der Waals surface area contributed by atoms with E-state index < -0.39 is 0 Å². The van der Waals surface area contributed by atoms with Gasteiger partial charge in [0, 0.05) is 11.9 Å². The van der Waals surface area contributed by atoms with Crippen molar-refractivity contribution in [1.29, 1.82) is 0 Å². The van der Waals surface area contributed by atoms with Crippen LogP contribution in [0.1, 0.15) is 18.4 Å². The molecule has 1 fully saturated rings. The molecule has 5 nitrogen and oxygen atoms in total. The van der Waals surface area contributed by atoms with Gasteiger partial charge in [0.2, 0.25) is 0 Å². The first kappa shape index (κ1) is 14.9. The number of benzene rings is 1. The average molecular weight is 302 g/mol. The van der Waals surface area contributed by atoms with Gasteiger partial charge in [-0.1, -0.05) is 0 Å². The molecule has 118 valence electrons. The predicted octanol–water partition coefficient (Wildman–Crippen LogP) is 2.52. The van der Waals surface area contributed by atoms with Gasteiger partial charge in [0.05, 0.1) is 26.9 Å².